The van der Waals surface area contributed by atoms with Crippen molar-refractivity contribution in [2.24, 2.45) is 0 Å². The van der Waals surface area contributed by atoms with Crippen molar-refractivity contribution in [3.63, 3.8) is 0 Å². The Morgan fingerprint density at radius 3 is 2.90 bits per heavy atom. The first-order valence-electron chi connectivity index (χ1n) is 7.60. The first kappa shape index (κ1) is 16.1. The number of hydrogen-bond acceptors (Lipinski definition) is 3. The molecule has 0 spiro atoms. The Balaban J connectivity index is 2.02. The molecular formula is C16H23FN2OS. The van der Waals surface area contributed by atoms with Crippen LogP contribution < -0.4 is 10.6 Å². The summed E-state index contributed by atoms with van der Waals surface area (Å²) in [6, 6.07) is 4.83. The van der Waals surface area contributed by atoms with Gasteiger partial charge in [-0.15, -0.1) is 0 Å². The highest BCUT2D eigenvalue weighted by Gasteiger charge is 2.26. The molecule has 1 fully saturated rings. The highest BCUT2D eigenvalue weighted by Crippen LogP contribution is 2.30. The van der Waals surface area contributed by atoms with Crippen molar-refractivity contribution in [3.8, 4) is 0 Å². The van der Waals surface area contributed by atoms with Gasteiger partial charge in [0.25, 0.3) is 5.91 Å². The first-order valence-corrected chi connectivity index (χ1v) is 8.65. The Hall–Kier alpha value is -1.23. The summed E-state index contributed by atoms with van der Waals surface area (Å²) in [5.74, 6) is 0.549. The fourth-order valence-corrected chi connectivity index (χ4v) is 3.93. The molecule has 0 aliphatic heterocycles. The summed E-state index contributed by atoms with van der Waals surface area (Å²) < 4.78 is 13.8. The predicted octanol–water partition coefficient (Wildman–Crippen LogP) is 3.66. The number of carbonyl (C=O) groups is 1. The van der Waals surface area contributed by atoms with Crippen molar-refractivity contribution < 1.29 is 9.18 Å². The quantitative estimate of drug-likeness (QED) is 0.842. The van der Waals surface area contributed by atoms with Crippen LogP contribution in [0.4, 0.5) is 10.1 Å². The fourth-order valence-electron chi connectivity index (χ4n) is 2.79. The van der Waals surface area contributed by atoms with E-state index in [1.54, 1.807) is 12.1 Å². The maximum absolute atomic E-state index is 13.8. The van der Waals surface area contributed by atoms with E-state index in [0.717, 1.165) is 25.0 Å². The summed E-state index contributed by atoms with van der Waals surface area (Å²) in [5.41, 5.74) is 0.693. The van der Waals surface area contributed by atoms with E-state index >= 15 is 0 Å². The minimum absolute atomic E-state index is 0.183. The second-order valence-corrected chi connectivity index (χ2v) is 6.83. The van der Waals surface area contributed by atoms with Gasteiger partial charge in [-0.25, -0.2) is 4.39 Å². The average molecular weight is 310 g/mol. The Labute approximate surface area is 130 Å². The lowest BCUT2D eigenvalue weighted by atomic mass is 10.1. The van der Waals surface area contributed by atoms with Crippen LogP contribution in [0.15, 0.2) is 18.2 Å². The van der Waals surface area contributed by atoms with E-state index in [2.05, 4.69) is 17.6 Å². The number of thioether (sulfide) groups is 1. The van der Waals surface area contributed by atoms with Gasteiger partial charge in [0.1, 0.15) is 5.82 Å². The molecule has 1 aliphatic rings. The normalized spacial score (nSPS) is 21.3. The molecule has 21 heavy (non-hydrogen) atoms. The van der Waals surface area contributed by atoms with Crippen molar-refractivity contribution in [1.29, 1.82) is 0 Å². The highest BCUT2D eigenvalue weighted by atomic mass is 32.2. The van der Waals surface area contributed by atoms with Gasteiger partial charge in [-0.1, -0.05) is 13.0 Å². The lowest BCUT2D eigenvalue weighted by Gasteiger charge is -2.16. The molecule has 1 aromatic rings. The Morgan fingerprint density at radius 2 is 2.19 bits per heavy atom. The topological polar surface area (TPSA) is 41.1 Å². The zero-order valence-corrected chi connectivity index (χ0v) is 13.4. The largest absolute Gasteiger partial charge is 0.382 e. The smallest absolute Gasteiger partial charge is 0.253 e. The second-order valence-electron chi connectivity index (χ2n) is 5.25. The zero-order chi connectivity index (χ0) is 15.2. The second kappa shape index (κ2) is 7.69. The van der Waals surface area contributed by atoms with Gasteiger partial charge in [-0.2, -0.15) is 11.8 Å². The molecule has 0 radical (unpaired) electrons. The van der Waals surface area contributed by atoms with Gasteiger partial charge in [-0.05, 0) is 44.1 Å². The number of carbonyl (C=O) groups excluding carboxylic acids is 1. The summed E-state index contributed by atoms with van der Waals surface area (Å²) in [7, 11) is 0. The highest BCUT2D eigenvalue weighted by molar-refractivity contribution is 7.99. The van der Waals surface area contributed by atoms with Crippen molar-refractivity contribution in [1.82, 2.24) is 5.32 Å². The molecule has 3 nitrogen and oxygen atoms in total. The van der Waals surface area contributed by atoms with Crippen molar-refractivity contribution >= 4 is 23.4 Å². The molecule has 1 aromatic carbocycles. The molecule has 0 bridgehead atoms. The minimum Gasteiger partial charge on any atom is -0.382 e. The fraction of sp³-hybridized carbons (Fsp3) is 0.562. The summed E-state index contributed by atoms with van der Waals surface area (Å²) >= 11 is 1.96. The van der Waals surface area contributed by atoms with Crippen LogP contribution in [0.25, 0.3) is 0 Å². The molecule has 0 aromatic heterocycles. The van der Waals surface area contributed by atoms with Crippen LogP contribution in [0, 0.1) is 5.82 Å². The molecule has 1 aliphatic carbocycles. The standard InChI is InChI=1S/C16H23FN2OS/c1-3-18-15-13(6-5-7-14(15)17)16(20)19-11-8-9-12(10-11)21-4-2/h5-7,11-12,18H,3-4,8-10H2,1-2H3,(H,19,20). The Kier molecular flexibility index (Phi) is 5.91. The molecule has 0 heterocycles. The van der Waals surface area contributed by atoms with E-state index in [0.29, 0.717) is 23.0 Å². The average Bonchev–Trinajstić information content (AvgIpc) is 2.89. The van der Waals surface area contributed by atoms with Crippen molar-refractivity contribution in [2.45, 2.75) is 44.4 Å². The van der Waals surface area contributed by atoms with Gasteiger partial charge in [0, 0.05) is 17.8 Å². The van der Waals surface area contributed by atoms with Crippen LogP contribution in [-0.4, -0.2) is 29.5 Å². The van der Waals surface area contributed by atoms with E-state index < -0.39 is 0 Å². The van der Waals surface area contributed by atoms with Gasteiger partial charge >= 0.3 is 0 Å². The molecule has 116 valence electrons. The Bertz CT molecular complexity index is 495. The minimum atomic E-state index is -0.379. The SMILES string of the molecule is CCNc1c(F)cccc1C(=O)NC1CCC(SCC)C1. The van der Waals surface area contributed by atoms with Gasteiger partial charge in [0.2, 0.25) is 0 Å². The summed E-state index contributed by atoms with van der Waals surface area (Å²) in [6.07, 6.45) is 3.16. The molecule has 2 atom stereocenters. The van der Waals surface area contributed by atoms with Crippen LogP contribution in [-0.2, 0) is 0 Å². The predicted molar refractivity (Wildman–Crippen MR) is 87.6 cm³/mol. The molecule has 0 saturated heterocycles. The van der Waals surface area contributed by atoms with Gasteiger partial charge < -0.3 is 10.6 Å². The van der Waals surface area contributed by atoms with E-state index in [-0.39, 0.29) is 17.8 Å². The monoisotopic (exact) mass is 310 g/mol. The maximum atomic E-state index is 13.8. The molecule has 2 unspecified atom stereocenters. The van der Waals surface area contributed by atoms with Gasteiger partial charge in [0.05, 0.1) is 11.3 Å². The number of anilines is 1. The van der Waals surface area contributed by atoms with Crippen LogP contribution >= 0.6 is 11.8 Å². The lowest BCUT2D eigenvalue weighted by Crippen LogP contribution is -2.33. The molecule has 2 N–H and O–H groups in total. The third-order valence-electron chi connectivity index (χ3n) is 3.73. The number of rotatable bonds is 6. The summed E-state index contributed by atoms with van der Waals surface area (Å²) in [5, 5.41) is 6.63. The number of hydrogen-bond donors (Lipinski definition) is 2. The number of halogens is 1. The molecule has 1 saturated carbocycles. The van der Waals surface area contributed by atoms with Crippen LogP contribution in [0.1, 0.15) is 43.5 Å². The molecule has 1 amide bonds. The summed E-state index contributed by atoms with van der Waals surface area (Å²) in [6.45, 7) is 4.63. The van der Waals surface area contributed by atoms with E-state index in [4.69, 9.17) is 0 Å². The number of nitrogens with one attached hydrogen (secondary N) is 2. The molecule has 5 heteroatoms. The third kappa shape index (κ3) is 4.13. The Morgan fingerprint density at radius 1 is 1.38 bits per heavy atom. The number of benzene rings is 1. The van der Waals surface area contributed by atoms with Crippen molar-refractivity contribution in [2.75, 3.05) is 17.6 Å². The number of para-hydroxylation sites is 1. The maximum Gasteiger partial charge on any atom is 0.253 e. The van der Waals surface area contributed by atoms with E-state index in [1.807, 2.05) is 18.7 Å². The lowest BCUT2D eigenvalue weighted by molar-refractivity contribution is 0.0938. The molecular weight excluding hydrogens is 287 g/mol. The van der Waals surface area contributed by atoms with E-state index in [9.17, 15) is 9.18 Å². The number of amides is 1. The van der Waals surface area contributed by atoms with E-state index in [1.165, 1.54) is 6.07 Å². The third-order valence-corrected chi connectivity index (χ3v) is 4.97. The van der Waals surface area contributed by atoms with Crippen LogP contribution in [0.2, 0.25) is 0 Å². The molecule has 2 rings (SSSR count). The van der Waals surface area contributed by atoms with Crippen molar-refractivity contribution in [3.05, 3.63) is 29.6 Å². The first-order chi connectivity index (χ1) is 10.2. The van der Waals surface area contributed by atoms with Crippen LogP contribution in [0.5, 0.6) is 0 Å². The van der Waals surface area contributed by atoms with Crippen LogP contribution in [0.3, 0.4) is 0 Å². The zero-order valence-electron chi connectivity index (χ0n) is 12.6. The van der Waals surface area contributed by atoms with Gasteiger partial charge in [-0.3, -0.25) is 4.79 Å². The van der Waals surface area contributed by atoms with Gasteiger partial charge in [0.15, 0.2) is 0 Å². The summed E-state index contributed by atoms with van der Waals surface area (Å²) in [4.78, 5) is 12.4.